The van der Waals surface area contributed by atoms with Crippen molar-refractivity contribution in [2.24, 2.45) is 0 Å². The standard InChI is InChI=1S/C14H8Br2N2O2/c15-9-1-5-7(3-11(9)17)14(20)8-4-12(18)10(16)2-6(8)13(5)19/h1-4H,17-18H2. The van der Waals surface area contributed by atoms with Crippen molar-refractivity contribution < 1.29 is 9.59 Å². The fraction of sp³-hybridized carbons (Fsp3) is 0. The smallest absolute Gasteiger partial charge is 0.194 e. The summed E-state index contributed by atoms with van der Waals surface area (Å²) in [5.74, 6) is -0.455. The lowest BCUT2D eigenvalue weighted by Crippen LogP contribution is -2.21. The summed E-state index contributed by atoms with van der Waals surface area (Å²) in [5, 5.41) is 0. The molecular formula is C14H8Br2N2O2. The number of hydrogen-bond acceptors (Lipinski definition) is 4. The first kappa shape index (κ1) is 13.3. The largest absolute Gasteiger partial charge is 0.398 e. The molecule has 3 rings (SSSR count). The molecule has 2 aromatic carbocycles. The second-order valence-electron chi connectivity index (χ2n) is 4.50. The van der Waals surface area contributed by atoms with Gasteiger partial charge in [-0.15, -0.1) is 0 Å². The molecule has 0 amide bonds. The molecule has 100 valence electrons. The normalized spacial score (nSPS) is 13.1. The van der Waals surface area contributed by atoms with E-state index in [2.05, 4.69) is 31.9 Å². The Morgan fingerprint density at radius 2 is 0.950 bits per heavy atom. The van der Waals surface area contributed by atoms with E-state index < -0.39 is 0 Å². The molecule has 0 fully saturated rings. The molecule has 4 nitrogen and oxygen atoms in total. The Hall–Kier alpha value is -1.66. The zero-order chi connectivity index (χ0) is 14.6. The molecule has 0 heterocycles. The zero-order valence-electron chi connectivity index (χ0n) is 10.0. The van der Waals surface area contributed by atoms with Crippen LogP contribution in [0.4, 0.5) is 11.4 Å². The van der Waals surface area contributed by atoms with E-state index in [1.807, 2.05) is 0 Å². The van der Waals surface area contributed by atoms with Gasteiger partial charge in [-0.3, -0.25) is 9.59 Å². The van der Waals surface area contributed by atoms with E-state index in [4.69, 9.17) is 11.5 Å². The van der Waals surface area contributed by atoms with Crippen molar-refractivity contribution in [1.29, 1.82) is 0 Å². The van der Waals surface area contributed by atoms with E-state index in [9.17, 15) is 9.59 Å². The number of anilines is 2. The van der Waals surface area contributed by atoms with Gasteiger partial charge in [0.1, 0.15) is 0 Å². The zero-order valence-corrected chi connectivity index (χ0v) is 13.2. The number of benzene rings is 2. The lowest BCUT2D eigenvalue weighted by atomic mass is 9.83. The summed E-state index contributed by atoms with van der Waals surface area (Å²) in [7, 11) is 0. The molecular weight excluding hydrogens is 388 g/mol. The van der Waals surface area contributed by atoms with Gasteiger partial charge in [-0.2, -0.15) is 0 Å². The van der Waals surface area contributed by atoms with Gasteiger partial charge in [0.25, 0.3) is 0 Å². The van der Waals surface area contributed by atoms with E-state index in [1.165, 1.54) is 12.1 Å². The summed E-state index contributed by atoms with van der Waals surface area (Å²) in [5.41, 5.74) is 13.7. The van der Waals surface area contributed by atoms with Gasteiger partial charge in [-0.25, -0.2) is 0 Å². The quantitative estimate of drug-likeness (QED) is 0.572. The number of nitrogens with two attached hydrogens (primary N) is 2. The number of carbonyl (C=O) groups is 2. The SMILES string of the molecule is Nc1cc2c(cc1Br)C(=O)c1cc(Br)c(N)cc1C2=O. The summed E-state index contributed by atoms with van der Waals surface area (Å²) in [6, 6.07) is 6.19. The Balaban J connectivity index is 2.33. The summed E-state index contributed by atoms with van der Waals surface area (Å²) in [4.78, 5) is 25.0. The van der Waals surface area contributed by atoms with Crippen LogP contribution >= 0.6 is 31.9 Å². The third-order valence-electron chi connectivity index (χ3n) is 3.25. The molecule has 0 bridgehead atoms. The molecule has 0 radical (unpaired) electrons. The van der Waals surface area contributed by atoms with Gasteiger partial charge in [-0.1, -0.05) is 0 Å². The van der Waals surface area contributed by atoms with Crippen molar-refractivity contribution in [2.75, 3.05) is 11.5 Å². The van der Waals surface area contributed by atoms with Gasteiger partial charge in [0.15, 0.2) is 11.6 Å². The van der Waals surface area contributed by atoms with Crippen molar-refractivity contribution in [3.63, 3.8) is 0 Å². The molecule has 0 spiro atoms. The number of carbonyl (C=O) groups excluding carboxylic acids is 2. The van der Waals surface area contributed by atoms with Crippen LogP contribution in [0, 0.1) is 0 Å². The second kappa shape index (κ2) is 4.43. The highest BCUT2D eigenvalue weighted by Gasteiger charge is 2.31. The predicted molar refractivity (Wildman–Crippen MR) is 84.0 cm³/mol. The van der Waals surface area contributed by atoms with Crippen LogP contribution in [0.15, 0.2) is 33.2 Å². The Morgan fingerprint density at radius 1 is 0.650 bits per heavy atom. The van der Waals surface area contributed by atoms with Gasteiger partial charge >= 0.3 is 0 Å². The summed E-state index contributed by atoms with van der Waals surface area (Å²) < 4.78 is 1.19. The van der Waals surface area contributed by atoms with Crippen molar-refractivity contribution >= 4 is 54.8 Å². The minimum atomic E-state index is -0.243. The van der Waals surface area contributed by atoms with Gasteiger partial charge in [0.05, 0.1) is 0 Å². The van der Waals surface area contributed by atoms with Crippen LogP contribution in [0.1, 0.15) is 31.8 Å². The third kappa shape index (κ3) is 1.79. The molecule has 0 saturated carbocycles. The summed E-state index contributed by atoms with van der Waals surface area (Å²) in [6.07, 6.45) is 0. The van der Waals surface area contributed by atoms with Crippen molar-refractivity contribution in [2.45, 2.75) is 0 Å². The predicted octanol–water partition coefficient (Wildman–Crippen LogP) is 3.15. The molecule has 0 saturated heterocycles. The fourth-order valence-corrected chi connectivity index (χ4v) is 2.91. The van der Waals surface area contributed by atoms with Crippen LogP contribution in [0.5, 0.6) is 0 Å². The van der Waals surface area contributed by atoms with Crippen molar-refractivity contribution in [1.82, 2.24) is 0 Å². The van der Waals surface area contributed by atoms with Gasteiger partial charge in [0, 0.05) is 42.6 Å². The maximum absolute atomic E-state index is 12.5. The van der Waals surface area contributed by atoms with Crippen LogP contribution in [0.25, 0.3) is 0 Å². The van der Waals surface area contributed by atoms with E-state index in [0.29, 0.717) is 42.6 Å². The van der Waals surface area contributed by atoms with Crippen molar-refractivity contribution in [3.05, 3.63) is 55.5 Å². The molecule has 0 unspecified atom stereocenters. The number of fused-ring (bicyclic) bond motifs is 2. The molecule has 0 aliphatic heterocycles. The Bertz CT molecular complexity index is 671. The van der Waals surface area contributed by atoms with Crippen LogP contribution in [-0.4, -0.2) is 11.6 Å². The second-order valence-corrected chi connectivity index (χ2v) is 6.21. The first-order valence-corrected chi connectivity index (χ1v) is 7.26. The minimum absolute atomic E-state index is 0.212. The highest BCUT2D eigenvalue weighted by Crippen LogP contribution is 2.35. The number of ketones is 2. The summed E-state index contributed by atoms with van der Waals surface area (Å²) in [6.45, 7) is 0. The Kier molecular flexibility index (Phi) is 2.95. The van der Waals surface area contributed by atoms with E-state index in [0.717, 1.165) is 0 Å². The maximum atomic E-state index is 12.5. The third-order valence-corrected chi connectivity index (χ3v) is 4.63. The molecule has 6 heteroatoms. The number of nitrogen functional groups attached to an aromatic ring is 2. The van der Waals surface area contributed by atoms with Gasteiger partial charge in [0.2, 0.25) is 0 Å². The minimum Gasteiger partial charge on any atom is -0.398 e. The van der Waals surface area contributed by atoms with Crippen molar-refractivity contribution in [3.8, 4) is 0 Å². The lowest BCUT2D eigenvalue weighted by molar-refractivity contribution is 0.0979. The van der Waals surface area contributed by atoms with Crippen LogP contribution in [-0.2, 0) is 0 Å². The molecule has 2 aromatic rings. The van der Waals surface area contributed by atoms with Crippen LogP contribution in [0.2, 0.25) is 0 Å². The Morgan fingerprint density at radius 3 is 1.30 bits per heavy atom. The van der Waals surface area contributed by atoms with E-state index in [-0.39, 0.29) is 11.6 Å². The Labute approximate surface area is 131 Å². The monoisotopic (exact) mass is 394 g/mol. The number of hydrogen-bond donors (Lipinski definition) is 2. The number of rotatable bonds is 0. The van der Waals surface area contributed by atoms with Crippen LogP contribution < -0.4 is 11.5 Å². The first-order chi connectivity index (χ1) is 9.40. The van der Waals surface area contributed by atoms with Gasteiger partial charge in [-0.05, 0) is 56.1 Å². The van der Waals surface area contributed by atoms with Crippen LogP contribution in [0.3, 0.4) is 0 Å². The first-order valence-electron chi connectivity index (χ1n) is 5.67. The average Bonchev–Trinajstić information content (AvgIpc) is 2.41. The molecule has 20 heavy (non-hydrogen) atoms. The molecule has 0 aromatic heterocycles. The molecule has 0 atom stereocenters. The van der Waals surface area contributed by atoms with Gasteiger partial charge < -0.3 is 11.5 Å². The molecule has 4 N–H and O–H groups in total. The fourth-order valence-electron chi connectivity index (χ4n) is 2.22. The lowest BCUT2D eigenvalue weighted by Gasteiger charge is -2.19. The maximum Gasteiger partial charge on any atom is 0.194 e. The van der Waals surface area contributed by atoms with E-state index in [1.54, 1.807) is 12.1 Å². The highest BCUT2D eigenvalue weighted by molar-refractivity contribution is 9.11. The summed E-state index contributed by atoms with van der Waals surface area (Å²) >= 11 is 6.54. The molecule has 1 aliphatic rings. The van der Waals surface area contributed by atoms with E-state index >= 15 is 0 Å². The highest BCUT2D eigenvalue weighted by atomic mass is 79.9. The average molecular weight is 396 g/mol. The number of halogens is 2. The molecule has 1 aliphatic carbocycles. The topological polar surface area (TPSA) is 86.2 Å².